The first-order chi connectivity index (χ1) is 18.9. The molecule has 12 heteroatoms. The van der Waals surface area contributed by atoms with E-state index in [-0.39, 0.29) is 41.8 Å². The van der Waals surface area contributed by atoms with Gasteiger partial charge in [-0.25, -0.2) is 14.8 Å². The maximum atomic E-state index is 13.8. The molecule has 2 amide bonds. The maximum absolute atomic E-state index is 13.8. The molecule has 0 bridgehead atoms. The molecule has 1 aliphatic heterocycles. The molecule has 1 aliphatic rings. The third-order valence-electron chi connectivity index (χ3n) is 6.56. The molecule has 39 heavy (non-hydrogen) atoms. The number of nitrogens with one attached hydrogen (secondary N) is 1. The van der Waals surface area contributed by atoms with E-state index in [2.05, 4.69) is 20.4 Å². The number of anilines is 2. The van der Waals surface area contributed by atoms with Gasteiger partial charge in [0.15, 0.2) is 0 Å². The summed E-state index contributed by atoms with van der Waals surface area (Å²) in [5.41, 5.74) is 2.00. The zero-order valence-corrected chi connectivity index (χ0v) is 22.0. The van der Waals surface area contributed by atoms with Gasteiger partial charge in [0.05, 0.1) is 18.2 Å². The van der Waals surface area contributed by atoms with E-state index in [4.69, 9.17) is 9.15 Å². The zero-order chi connectivity index (χ0) is 27.5. The first-order valence-corrected chi connectivity index (χ1v) is 12.7. The highest BCUT2D eigenvalue weighted by molar-refractivity contribution is 6.17. The molecule has 0 saturated carbocycles. The van der Waals surface area contributed by atoms with Crippen LogP contribution in [0, 0.1) is 0 Å². The Morgan fingerprint density at radius 1 is 1.10 bits per heavy atom. The summed E-state index contributed by atoms with van der Waals surface area (Å²) in [7, 11) is 3.52. The number of carbonyl (C=O) groups is 3. The van der Waals surface area contributed by atoms with Gasteiger partial charge >= 0.3 is 6.09 Å². The number of ketones is 1. The highest BCUT2D eigenvalue weighted by atomic mass is 16.6. The number of likely N-dealkylation sites (tertiary alicyclic amines) is 1. The van der Waals surface area contributed by atoms with Crippen molar-refractivity contribution < 1.29 is 23.5 Å². The summed E-state index contributed by atoms with van der Waals surface area (Å²) < 4.78 is 13.0. The van der Waals surface area contributed by atoms with Crippen LogP contribution in [0.25, 0.3) is 22.2 Å². The highest BCUT2D eigenvalue weighted by Crippen LogP contribution is 2.37. The van der Waals surface area contributed by atoms with Crippen LogP contribution in [0.2, 0.25) is 0 Å². The predicted molar refractivity (Wildman–Crippen MR) is 144 cm³/mol. The molecule has 0 aromatic carbocycles. The molecule has 0 unspecified atom stereocenters. The van der Waals surface area contributed by atoms with Crippen molar-refractivity contribution in [1.82, 2.24) is 24.6 Å². The van der Waals surface area contributed by atoms with Crippen molar-refractivity contribution >= 4 is 40.4 Å². The normalized spacial score (nSPS) is 13.1. The average molecular weight is 532 g/mol. The van der Waals surface area contributed by atoms with Crippen LogP contribution in [-0.4, -0.2) is 75.7 Å². The molecule has 12 nitrogen and oxygen atoms in total. The number of aromatic nitrogens is 4. The largest absolute Gasteiger partial charge is 0.449 e. The molecule has 202 valence electrons. The fourth-order valence-corrected chi connectivity index (χ4v) is 4.57. The summed E-state index contributed by atoms with van der Waals surface area (Å²) in [6, 6.07) is 5.04. The van der Waals surface area contributed by atoms with Gasteiger partial charge in [0.2, 0.25) is 23.2 Å². The molecule has 5 rings (SSSR count). The van der Waals surface area contributed by atoms with Crippen LogP contribution >= 0.6 is 0 Å². The number of carbonyl (C=O) groups excluding carboxylic acids is 3. The van der Waals surface area contributed by atoms with Crippen molar-refractivity contribution in [3.63, 3.8) is 0 Å². The van der Waals surface area contributed by atoms with E-state index in [9.17, 15) is 14.4 Å². The Bertz CT molecular complexity index is 1520. The fraction of sp³-hybridized carbons (Fsp3) is 0.333. The number of ether oxygens (including phenoxy) is 1. The monoisotopic (exact) mass is 531 g/mol. The predicted octanol–water partition coefficient (Wildman–Crippen LogP) is 3.48. The Morgan fingerprint density at radius 2 is 1.90 bits per heavy atom. The highest BCUT2D eigenvalue weighted by Gasteiger charge is 2.34. The number of rotatable bonds is 8. The molecule has 0 spiro atoms. The molecular weight excluding hydrogens is 502 g/mol. The van der Waals surface area contributed by atoms with E-state index in [0.29, 0.717) is 29.9 Å². The van der Waals surface area contributed by atoms with Crippen LogP contribution < -0.4 is 10.2 Å². The van der Waals surface area contributed by atoms with Crippen LogP contribution in [0.5, 0.6) is 0 Å². The molecule has 1 saturated heterocycles. The number of aryl methyl sites for hydroxylation is 1. The fourth-order valence-electron chi connectivity index (χ4n) is 4.57. The van der Waals surface area contributed by atoms with Crippen molar-refractivity contribution in [2.45, 2.75) is 19.8 Å². The van der Waals surface area contributed by atoms with E-state index in [1.807, 2.05) is 6.20 Å². The number of hydrogen-bond acceptors (Lipinski definition) is 9. The summed E-state index contributed by atoms with van der Waals surface area (Å²) in [5, 5.41) is 7.52. The first-order valence-electron chi connectivity index (χ1n) is 12.7. The van der Waals surface area contributed by atoms with E-state index < -0.39 is 11.9 Å². The topological polar surface area (TPSA) is 136 Å². The van der Waals surface area contributed by atoms with Gasteiger partial charge in [-0.15, -0.1) is 0 Å². The number of nitrogens with zero attached hydrogens (tertiary/aromatic N) is 6. The van der Waals surface area contributed by atoms with E-state index in [1.165, 1.54) is 11.1 Å². The number of furan rings is 1. The lowest BCUT2D eigenvalue weighted by molar-refractivity contribution is -0.128. The second kappa shape index (κ2) is 10.9. The molecule has 4 aromatic heterocycles. The van der Waals surface area contributed by atoms with E-state index in [0.717, 1.165) is 18.4 Å². The summed E-state index contributed by atoms with van der Waals surface area (Å²) in [6.07, 6.45) is 7.57. The summed E-state index contributed by atoms with van der Waals surface area (Å²) >= 11 is 0. The van der Waals surface area contributed by atoms with Crippen LogP contribution in [0.3, 0.4) is 0 Å². The SMILES string of the molecule is CCOC(=O)N(CC(=O)N1CCCC1)c1c(C(=O)c2ccc(NC)nc2)oc2ncc(-c3cnn(C)c3)cc12. The third kappa shape index (κ3) is 5.17. The van der Waals surface area contributed by atoms with Gasteiger partial charge in [0, 0.05) is 62.5 Å². The Balaban J connectivity index is 1.67. The smallest absolute Gasteiger partial charge is 0.414 e. The minimum Gasteiger partial charge on any atom is -0.449 e. The number of amides is 2. The standard InChI is InChI=1S/C27H29N7O5/c1-4-38-27(37)34(16-22(35)33-9-5-6-10-33)23-20-11-18(19-14-31-32(3)15-19)13-30-26(20)39-25(23)24(36)17-7-8-21(28-2)29-12-17/h7-8,11-15H,4-6,9-10,16H2,1-3H3,(H,28,29). The van der Waals surface area contributed by atoms with Crippen molar-refractivity contribution in [2.75, 3.05) is 43.5 Å². The van der Waals surface area contributed by atoms with Crippen LogP contribution in [0.4, 0.5) is 16.3 Å². The number of hydrogen-bond donors (Lipinski definition) is 1. The second-order valence-corrected chi connectivity index (χ2v) is 9.14. The lowest BCUT2D eigenvalue weighted by atomic mass is 10.1. The first kappa shape index (κ1) is 25.9. The van der Waals surface area contributed by atoms with E-state index in [1.54, 1.807) is 61.2 Å². The van der Waals surface area contributed by atoms with Gasteiger partial charge in [-0.1, -0.05) is 0 Å². The lowest BCUT2D eigenvalue weighted by Gasteiger charge is -2.24. The van der Waals surface area contributed by atoms with Gasteiger partial charge in [-0.3, -0.25) is 19.2 Å². The summed E-state index contributed by atoms with van der Waals surface area (Å²) in [6.45, 7) is 2.67. The molecular formula is C27H29N7O5. The lowest BCUT2D eigenvalue weighted by Crippen LogP contribution is -2.42. The van der Waals surface area contributed by atoms with Crippen LogP contribution in [0.1, 0.15) is 35.9 Å². The quantitative estimate of drug-likeness (QED) is 0.339. The minimum absolute atomic E-state index is 0.0842. The third-order valence-corrected chi connectivity index (χ3v) is 6.56. The van der Waals surface area contributed by atoms with Crippen molar-refractivity contribution in [2.24, 2.45) is 7.05 Å². The van der Waals surface area contributed by atoms with Gasteiger partial charge < -0.3 is 19.4 Å². The molecule has 0 radical (unpaired) electrons. The number of fused-ring (bicyclic) bond motifs is 1. The van der Waals surface area contributed by atoms with Crippen LogP contribution in [0.15, 0.2) is 47.4 Å². The molecule has 0 atom stereocenters. The molecule has 4 aromatic rings. The molecule has 1 fully saturated rings. The van der Waals surface area contributed by atoms with Crippen molar-refractivity contribution in [3.05, 3.63) is 54.3 Å². The Morgan fingerprint density at radius 3 is 2.54 bits per heavy atom. The van der Waals surface area contributed by atoms with Gasteiger partial charge in [-0.2, -0.15) is 5.10 Å². The number of pyridine rings is 2. The summed E-state index contributed by atoms with van der Waals surface area (Å²) in [4.78, 5) is 51.8. The van der Waals surface area contributed by atoms with Gasteiger partial charge in [0.25, 0.3) is 0 Å². The minimum atomic E-state index is -0.766. The van der Waals surface area contributed by atoms with Gasteiger partial charge in [0.1, 0.15) is 18.1 Å². The molecule has 5 heterocycles. The van der Waals surface area contributed by atoms with E-state index >= 15 is 0 Å². The van der Waals surface area contributed by atoms with Gasteiger partial charge in [-0.05, 0) is 38.0 Å². The summed E-state index contributed by atoms with van der Waals surface area (Å²) in [5.74, 6) is -0.306. The Hall–Kier alpha value is -4.74. The Labute approximate surface area is 224 Å². The zero-order valence-electron chi connectivity index (χ0n) is 22.0. The average Bonchev–Trinajstić information content (AvgIpc) is 3.71. The maximum Gasteiger partial charge on any atom is 0.414 e. The molecule has 0 aliphatic carbocycles. The van der Waals surface area contributed by atoms with Crippen molar-refractivity contribution in [3.8, 4) is 11.1 Å². The van der Waals surface area contributed by atoms with Crippen LogP contribution in [-0.2, 0) is 16.6 Å². The second-order valence-electron chi connectivity index (χ2n) is 9.14. The Kier molecular flexibility index (Phi) is 7.26. The van der Waals surface area contributed by atoms with Crippen molar-refractivity contribution in [1.29, 1.82) is 0 Å². The molecule has 1 N–H and O–H groups in total.